The number of carbonyl (C=O) groups excluding carboxylic acids is 1. The van der Waals surface area contributed by atoms with Crippen LogP contribution in [0.1, 0.15) is 15.9 Å². The normalized spacial score (nSPS) is 11.6. The third-order valence-electron chi connectivity index (χ3n) is 2.83. The van der Waals surface area contributed by atoms with E-state index < -0.39 is 17.9 Å². The highest BCUT2D eigenvalue weighted by Crippen LogP contribution is 2.05. The van der Waals surface area contributed by atoms with Crippen LogP contribution in [0.25, 0.3) is 0 Å². The van der Waals surface area contributed by atoms with Gasteiger partial charge in [0.2, 0.25) is 0 Å². The molecule has 0 fully saturated rings. The monoisotopic (exact) mass is 270 g/mol. The molecule has 1 amide bonds. The van der Waals surface area contributed by atoms with E-state index in [4.69, 9.17) is 0 Å². The van der Waals surface area contributed by atoms with E-state index in [0.29, 0.717) is 5.56 Å². The molecule has 0 saturated carbocycles. The number of aliphatic carboxylic acids is 1. The standard InChI is InChI=1S/C15H14N2O3/c18-14(12-6-8-16-9-7-12)17-13(15(19)20)10-11-4-2-1-3-5-11/h1-9,13H,10H2,(H,17,18)(H,19,20)/t13-/m1/s1. The minimum atomic E-state index is -1.06. The number of rotatable bonds is 5. The molecule has 1 heterocycles. The van der Waals surface area contributed by atoms with Crippen molar-refractivity contribution in [3.63, 3.8) is 0 Å². The van der Waals surface area contributed by atoms with Crippen LogP contribution < -0.4 is 5.32 Å². The maximum Gasteiger partial charge on any atom is 0.326 e. The highest BCUT2D eigenvalue weighted by Gasteiger charge is 2.20. The lowest BCUT2D eigenvalue weighted by Crippen LogP contribution is -2.42. The Labute approximate surface area is 116 Å². The third kappa shape index (κ3) is 3.65. The van der Waals surface area contributed by atoms with Gasteiger partial charge in [-0.05, 0) is 17.7 Å². The quantitative estimate of drug-likeness (QED) is 0.863. The van der Waals surface area contributed by atoms with Crippen LogP contribution in [0.4, 0.5) is 0 Å². The Morgan fingerprint density at radius 3 is 2.35 bits per heavy atom. The van der Waals surface area contributed by atoms with Crippen LogP contribution in [0.2, 0.25) is 0 Å². The second-order valence-corrected chi connectivity index (χ2v) is 4.29. The summed E-state index contributed by atoms with van der Waals surface area (Å²) in [6, 6.07) is 11.3. The lowest BCUT2D eigenvalue weighted by atomic mass is 10.1. The van der Waals surface area contributed by atoms with Crippen LogP contribution in [0, 0.1) is 0 Å². The maximum atomic E-state index is 11.9. The molecule has 0 radical (unpaired) electrons. The average molecular weight is 270 g/mol. The van der Waals surface area contributed by atoms with Gasteiger partial charge in [0.15, 0.2) is 0 Å². The summed E-state index contributed by atoms with van der Waals surface area (Å²) < 4.78 is 0. The van der Waals surface area contributed by atoms with Crippen molar-refractivity contribution in [2.45, 2.75) is 12.5 Å². The van der Waals surface area contributed by atoms with Crippen LogP contribution in [-0.4, -0.2) is 28.0 Å². The number of aromatic nitrogens is 1. The van der Waals surface area contributed by atoms with Gasteiger partial charge in [0.25, 0.3) is 5.91 Å². The van der Waals surface area contributed by atoms with Crippen molar-refractivity contribution in [2.75, 3.05) is 0 Å². The second-order valence-electron chi connectivity index (χ2n) is 4.29. The molecule has 20 heavy (non-hydrogen) atoms. The summed E-state index contributed by atoms with van der Waals surface area (Å²) in [5, 5.41) is 11.7. The molecular weight excluding hydrogens is 256 g/mol. The van der Waals surface area contributed by atoms with E-state index in [1.165, 1.54) is 24.5 Å². The highest BCUT2D eigenvalue weighted by molar-refractivity contribution is 5.96. The predicted molar refractivity (Wildman–Crippen MR) is 73.3 cm³/mol. The number of hydrogen-bond acceptors (Lipinski definition) is 3. The largest absolute Gasteiger partial charge is 0.480 e. The van der Waals surface area contributed by atoms with E-state index in [1.54, 1.807) is 0 Å². The maximum absolute atomic E-state index is 11.9. The highest BCUT2D eigenvalue weighted by atomic mass is 16.4. The third-order valence-corrected chi connectivity index (χ3v) is 2.83. The first-order valence-corrected chi connectivity index (χ1v) is 6.14. The Balaban J connectivity index is 2.07. The molecule has 102 valence electrons. The Bertz CT molecular complexity index is 585. The number of hydrogen-bond donors (Lipinski definition) is 2. The van der Waals surface area contributed by atoms with Gasteiger partial charge in [0, 0.05) is 24.4 Å². The fourth-order valence-corrected chi connectivity index (χ4v) is 1.79. The number of amides is 1. The van der Waals surface area contributed by atoms with E-state index in [9.17, 15) is 14.7 Å². The number of nitrogens with one attached hydrogen (secondary N) is 1. The first-order chi connectivity index (χ1) is 9.66. The van der Waals surface area contributed by atoms with Crippen LogP contribution in [0.3, 0.4) is 0 Å². The van der Waals surface area contributed by atoms with Gasteiger partial charge in [0.05, 0.1) is 0 Å². The molecule has 0 bridgehead atoms. The topological polar surface area (TPSA) is 79.3 Å². The van der Waals surface area contributed by atoms with Crippen LogP contribution in [0.15, 0.2) is 54.9 Å². The van der Waals surface area contributed by atoms with Gasteiger partial charge in [-0.15, -0.1) is 0 Å². The Morgan fingerprint density at radius 1 is 1.10 bits per heavy atom. The zero-order valence-corrected chi connectivity index (χ0v) is 10.7. The molecule has 0 spiro atoms. The smallest absolute Gasteiger partial charge is 0.326 e. The van der Waals surface area contributed by atoms with Gasteiger partial charge in [-0.25, -0.2) is 4.79 Å². The summed E-state index contributed by atoms with van der Waals surface area (Å²) in [4.78, 5) is 27.0. The summed E-state index contributed by atoms with van der Waals surface area (Å²) in [6.07, 6.45) is 3.22. The van der Waals surface area contributed by atoms with Crippen molar-refractivity contribution in [3.8, 4) is 0 Å². The number of benzene rings is 1. The predicted octanol–water partition coefficient (Wildman–Crippen LogP) is 1.51. The van der Waals surface area contributed by atoms with Crippen molar-refractivity contribution in [1.29, 1.82) is 0 Å². The number of nitrogens with zero attached hydrogens (tertiary/aromatic N) is 1. The zero-order valence-electron chi connectivity index (χ0n) is 10.7. The molecule has 2 N–H and O–H groups in total. The minimum absolute atomic E-state index is 0.243. The van der Waals surface area contributed by atoms with Crippen molar-refractivity contribution in [1.82, 2.24) is 10.3 Å². The van der Waals surface area contributed by atoms with Crippen molar-refractivity contribution in [3.05, 3.63) is 66.0 Å². The van der Waals surface area contributed by atoms with Gasteiger partial charge in [-0.2, -0.15) is 0 Å². The van der Waals surface area contributed by atoms with E-state index in [1.807, 2.05) is 30.3 Å². The minimum Gasteiger partial charge on any atom is -0.480 e. The molecular formula is C15H14N2O3. The Kier molecular flexibility index (Phi) is 4.44. The van der Waals surface area contributed by atoms with E-state index in [-0.39, 0.29) is 6.42 Å². The fourth-order valence-electron chi connectivity index (χ4n) is 1.79. The molecule has 0 saturated heterocycles. The molecule has 0 aliphatic rings. The molecule has 0 aliphatic carbocycles. The molecule has 5 nitrogen and oxygen atoms in total. The van der Waals surface area contributed by atoms with E-state index >= 15 is 0 Å². The number of carboxylic acid groups (broad SMARTS) is 1. The van der Waals surface area contributed by atoms with E-state index in [2.05, 4.69) is 10.3 Å². The summed E-state index contributed by atoms with van der Waals surface area (Å²) in [7, 11) is 0. The molecule has 1 aromatic heterocycles. The average Bonchev–Trinajstić information content (AvgIpc) is 2.48. The lowest BCUT2D eigenvalue weighted by molar-refractivity contribution is -0.139. The van der Waals surface area contributed by atoms with Crippen molar-refractivity contribution >= 4 is 11.9 Å². The SMILES string of the molecule is O=C(N[C@H](Cc1ccccc1)C(=O)O)c1ccncc1. The molecule has 0 unspecified atom stereocenters. The van der Waals surface area contributed by atoms with E-state index in [0.717, 1.165) is 5.56 Å². The first kappa shape index (κ1) is 13.7. The fraction of sp³-hybridized carbons (Fsp3) is 0.133. The van der Waals surface area contributed by atoms with Gasteiger partial charge in [-0.1, -0.05) is 30.3 Å². The van der Waals surface area contributed by atoms with Crippen molar-refractivity contribution in [2.24, 2.45) is 0 Å². The Morgan fingerprint density at radius 2 is 1.75 bits per heavy atom. The second kappa shape index (κ2) is 6.47. The summed E-state index contributed by atoms with van der Waals surface area (Å²) in [6.45, 7) is 0. The summed E-state index contributed by atoms with van der Waals surface area (Å²) in [5.74, 6) is -1.48. The Hall–Kier alpha value is -2.69. The van der Waals surface area contributed by atoms with Crippen molar-refractivity contribution < 1.29 is 14.7 Å². The van der Waals surface area contributed by atoms with Gasteiger partial charge in [-0.3, -0.25) is 9.78 Å². The molecule has 1 atom stereocenters. The number of carboxylic acids is 1. The number of pyridine rings is 1. The van der Waals surface area contributed by atoms with Gasteiger partial charge in [0.1, 0.15) is 6.04 Å². The molecule has 1 aromatic carbocycles. The van der Waals surface area contributed by atoms with Gasteiger partial charge >= 0.3 is 5.97 Å². The summed E-state index contributed by atoms with van der Waals surface area (Å²) >= 11 is 0. The summed E-state index contributed by atoms with van der Waals surface area (Å²) in [5.41, 5.74) is 1.24. The molecule has 2 aromatic rings. The molecule has 2 rings (SSSR count). The first-order valence-electron chi connectivity index (χ1n) is 6.14. The number of carbonyl (C=O) groups is 2. The zero-order chi connectivity index (χ0) is 14.4. The van der Waals surface area contributed by atoms with Crippen LogP contribution in [0.5, 0.6) is 0 Å². The van der Waals surface area contributed by atoms with Crippen LogP contribution in [-0.2, 0) is 11.2 Å². The van der Waals surface area contributed by atoms with Gasteiger partial charge < -0.3 is 10.4 Å². The molecule has 5 heteroatoms. The molecule has 0 aliphatic heterocycles. The van der Waals surface area contributed by atoms with Crippen LogP contribution >= 0.6 is 0 Å². The lowest BCUT2D eigenvalue weighted by Gasteiger charge is -2.14.